The van der Waals surface area contributed by atoms with Gasteiger partial charge in [-0.2, -0.15) is 46.7 Å². The van der Waals surface area contributed by atoms with Crippen LogP contribution < -0.4 is 4.90 Å². The van der Waals surface area contributed by atoms with Crippen molar-refractivity contribution in [3.8, 4) is 0 Å². The van der Waals surface area contributed by atoms with E-state index in [0.717, 1.165) is 12.1 Å². The number of hydrogen-bond acceptors (Lipinski definition) is 20. The van der Waals surface area contributed by atoms with E-state index >= 15 is 0 Å². The van der Waals surface area contributed by atoms with Gasteiger partial charge in [0.2, 0.25) is 11.5 Å². The van der Waals surface area contributed by atoms with E-state index in [1.54, 1.807) is 23.3 Å². The van der Waals surface area contributed by atoms with E-state index in [1.807, 2.05) is 0 Å². The summed E-state index contributed by atoms with van der Waals surface area (Å²) in [6.07, 6.45) is 1.07. The van der Waals surface area contributed by atoms with E-state index in [0.29, 0.717) is 23.8 Å². The summed E-state index contributed by atoms with van der Waals surface area (Å²) < 4.78 is 195. The number of ether oxygens (including phenoxy) is 3. The minimum atomic E-state index is -5.24. The lowest BCUT2D eigenvalue weighted by Crippen LogP contribution is -2.35. The lowest BCUT2D eigenvalue weighted by molar-refractivity contribution is -0.442. The number of amides is 2. The van der Waals surface area contributed by atoms with Gasteiger partial charge in [-0.15, -0.1) is 5.06 Å². The van der Waals surface area contributed by atoms with E-state index in [-0.39, 0.29) is 138 Å². The van der Waals surface area contributed by atoms with Gasteiger partial charge in [0.05, 0.1) is 58.5 Å². The number of carbonyl (C=O) groups excluding carboxylic acids is 4. The van der Waals surface area contributed by atoms with E-state index in [4.69, 9.17) is 19.0 Å². The fraction of sp³-hybridized carbons (Fsp3) is 0.392. The zero-order valence-corrected chi connectivity index (χ0v) is 48.7. The number of imide groups is 1. The van der Waals surface area contributed by atoms with Crippen molar-refractivity contribution in [2.24, 2.45) is 0 Å². The molecule has 4 aromatic carbocycles. The van der Waals surface area contributed by atoms with Crippen LogP contribution in [0.3, 0.4) is 0 Å². The second kappa shape index (κ2) is 22.9. The number of benzene rings is 4. The summed E-state index contributed by atoms with van der Waals surface area (Å²) in [7, 11) is -24.0. The highest BCUT2D eigenvalue weighted by Gasteiger charge is 2.51. The van der Waals surface area contributed by atoms with Crippen molar-refractivity contribution in [2.75, 3.05) is 63.9 Å². The summed E-state index contributed by atoms with van der Waals surface area (Å²) in [5.41, 5.74) is -2.81. The molecule has 1 atom stereocenters. The van der Waals surface area contributed by atoms with Crippen LogP contribution in [0.2, 0.25) is 0 Å². The number of methoxy groups -OCH3 is 1. The highest BCUT2D eigenvalue weighted by molar-refractivity contribution is 7.87. The fourth-order valence-corrected chi connectivity index (χ4v) is 14.1. The smallest absolute Gasteiger partial charge is 0.333 e. The Balaban J connectivity index is 1.30. The molecule has 3 heterocycles. The molecule has 0 saturated carbocycles. The molecule has 4 aromatic rings. The molecule has 4 aliphatic rings. The molecule has 0 bridgehead atoms. The second-order valence-electron chi connectivity index (χ2n) is 20.4. The predicted octanol–water partition coefficient (Wildman–Crippen LogP) is 4.07. The topological polar surface area (TPSA) is 407 Å². The van der Waals surface area contributed by atoms with Crippen LogP contribution in [0.25, 0.3) is 21.5 Å². The number of fused-ring (bicyclic) bond motifs is 6. The molecule has 1 unspecified atom stereocenters. The Hall–Kier alpha value is -6.40. The molecule has 448 valence electrons. The van der Waals surface area contributed by atoms with E-state index < -0.39 is 123 Å². The summed E-state index contributed by atoms with van der Waals surface area (Å²) in [6.45, 7) is 5.08. The van der Waals surface area contributed by atoms with Crippen LogP contribution in [0.4, 0.5) is 11.4 Å². The number of aliphatic hydroxyl groups is 1. The summed E-state index contributed by atoms with van der Waals surface area (Å²) in [5.74, 6) is -4.76. The minimum absolute atomic E-state index is 0.0563. The van der Waals surface area contributed by atoms with Gasteiger partial charge in [0.1, 0.15) is 22.2 Å². The number of nitrogens with zero attached hydrogens (tertiary/aromatic N) is 3. The number of Topliss-reactive ketones (excluding diaryl/α,β-unsaturated/α-hetero) is 1. The average Bonchev–Trinajstić information content (AvgIpc) is 1.74. The third kappa shape index (κ3) is 12.6. The molecule has 32 heteroatoms. The molecule has 0 radical (unpaired) electrons. The number of allylic oxidation sites excluding steroid dienone is 5. The maximum atomic E-state index is 14.8. The van der Waals surface area contributed by atoms with Gasteiger partial charge in [0.25, 0.3) is 62.4 Å². The first-order chi connectivity index (χ1) is 38.5. The maximum absolute atomic E-state index is 14.8. The van der Waals surface area contributed by atoms with Gasteiger partial charge in [-0.25, -0.2) is 4.79 Å². The van der Waals surface area contributed by atoms with Gasteiger partial charge >= 0.3 is 5.97 Å². The summed E-state index contributed by atoms with van der Waals surface area (Å²) in [6, 6.07) is 8.34. The Kier molecular flexibility index (Phi) is 17.3. The molecule has 6 N–H and O–H groups in total. The highest BCUT2D eigenvalue weighted by atomic mass is 32.2. The van der Waals surface area contributed by atoms with Crippen molar-refractivity contribution in [1.29, 1.82) is 0 Å². The first kappa shape index (κ1) is 62.6. The van der Waals surface area contributed by atoms with Gasteiger partial charge in [-0.1, -0.05) is 19.9 Å². The normalized spacial score (nSPS) is 19.5. The van der Waals surface area contributed by atoms with Crippen molar-refractivity contribution < 1.29 is 113 Å². The van der Waals surface area contributed by atoms with Crippen LogP contribution >= 0.6 is 0 Å². The van der Waals surface area contributed by atoms with Crippen LogP contribution in [0.15, 0.2) is 103 Å². The molecule has 83 heavy (non-hydrogen) atoms. The van der Waals surface area contributed by atoms with Crippen molar-refractivity contribution in [2.45, 2.75) is 89.7 Å². The monoisotopic (exact) mass is 1250 g/mol. The quantitative estimate of drug-likeness (QED) is 0.0189. The third-order valence-electron chi connectivity index (χ3n) is 14.7. The number of anilines is 1. The lowest BCUT2D eigenvalue weighted by atomic mass is 9.72. The Morgan fingerprint density at radius 2 is 1.22 bits per heavy atom. The van der Waals surface area contributed by atoms with Gasteiger partial charge in [-0.3, -0.25) is 37.1 Å². The number of carbonyl (C=O) groups is 4. The molecule has 1 saturated heterocycles. The molecule has 3 aliphatic heterocycles. The van der Waals surface area contributed by atoms with Crippen LogP contribution in [0, 0.1) is 0 Å². The molecule has 0 spiro atoms. The molecular weight excluding hydrogens is 1200 g/mol. The SMILES string of the molecule is COCCOCCOCC[N+]1=C(/C=C2\C(=O)C(/C=C3/N(CCCC(=O)ON4C(=O)CCC4=O)c4ccc5c(S(=O)(=O)O)cc(S(=O)(=O)O)cc5c4C3(C)C)=C2O)C(C)(CCCS(=O)(=O)O)c2c1ccc1c(S(=O)(=O)O)cc(S(=O)(=O)O)cc21. The lowest BCUT2D eigenvalue weighted by Gasteiger charge is -2.29. The molecule has 2 amide bonds. The van der Waals surface area contributed by atoms with Crippen LogP contribution in [-0.4, -0.2) is 168 Å². The first-order valence-corrected chi connectivity index (χ1v) is 32.5. The number of aliphatic hydroxyl groups excluding tert-OH is 1. The fourth-order valence-electron chi connectivity index (χ4n) is 10.9. The number of rotatable bonds is 24. The highest BCUT2D eigenvalue weighted by Crippen LogP contribution is 2.54. The number of hydrogen-bond donors (Lipinski definition) is 6. The van der Waals surface area contributed by atoms with Crippen LogP contribution in [0.1, 0.15) is 70.4 Å². The zero-order chi connectivity index (χ0) is 61.2. The molecule has 1 fully saturated rings. The molecule has 27 nitrogen and oxygen atoms in total. The Morgan fingerprint density at radius 3 is 1.75 bits per heavy atom. The van der Waals surface area contributed by atoms with Gasteiger partial charge in [0.15, 0.2) is 12.3 Å². The van der Waals surface area contributed by atoms with Crippen molar-refractivity contribution >= 4 is 113 Å². The minimum Gasteiger partial charge on any atom is -0.506 e. The largest absolute Gasteiger partial charge is 0.506 e. The van der Waals surface area contributed by atoms with E-state index in [9.17, 15) is 89.1 Å². The number of hydroxylamine groups is 2. The summed E-state index contributed by atoms with van der Waals surface area (Å²) in [5, 5.41) is 11.8. The van der Waals surface area contributed by atoms with Crippen LogP contribution in [-0.2, 0) is 99.6 Å². The van der Waals surface area contributed by atoms with Crippen molar-refractivity contribution in [3.63, 3.8) is 0 Å². The predicted molar refractivity (Wildman–Crippen MR) is 291 cm³/mol. The van der Waals surface area contributed by atoms with Crippen molar-refractivity contribution in [3.05, 3.63) is 94.4 Å². The standard InChI is InChI=1S/C51H55N3O24S5/c1-50(2)41(52(15-5-7-45(57)78-54-43(55)12-13-44(54)56)37-10-8-31-33(46(37)50)23-29(80(63,64)65)25-39(31)82(69,70)71)27-35-48(58)36(49(35)59)28-42-51(3,14-6-22-79(60,61)62)47-34-24-30(81(66,67)68)26-40(83(72,73)74)32(34)9-11-38(47)53(42)16-17-76-20-21-77-19-18-75-4/h8-11,23-28H,5-7,12-22H2,1-4H3,(H5-,58,59,60,61,62,63,64,65,66,67,68,69,70,71,72,73,74)/p+1. The maximum Gasteiger partial charge on any atom is 0.333 e. The van der Waals surface area contributed by atoms with Gasteiger partial charge < -0.3 is 29.1 Å². The van der Waals surface area contributed by atoms with Crippen molar-refractivity contribution in [1.82, 2.24) is 5.06 Å². The molecule has 8 rings (SSSR count). The first-order valence-electron chi connectivity index (χ1n) is 25.1. The zero-order valence-electron chi connectivity index (χ0n) is 44.6. The Morgan fingerprint density at radius 1 is 0.675 bits per heavy atom. The molecular formula is C51H56N3O24S5+. The summed E-state index contributed by atoms with van der Waals surface area (Å²) in [4.78, 5) is 55.1. The van der Waals surface area contributed by atoms with Crippen LogP contribution in [0.5, 0.6) is 0 Å². The third-order valence-corrected chi connectivity index (χ3v) is 18.9. The molecule has 0 aromatic heterocycles. The number of ketones is 1. The Labute approximate surface area is 476 Å². The molecule has 1 aliphatic carbocycles. The van der Waals surface area contributed by atoms with E-state index in [2.05, 4.69) is 0 Å². The Bertz CT molecular complexity index is 4170. The summed E-state index contributed by atoms with van der Waals surface area (Å²) >= 11 is 0. The van der Waals surface area contributed by atoms with E-state index in [1.165, 1.54) is 50.5 Å². The average molecular weight is 1260 g/mol. The van der Waals surface area contributed by atoms with Gasteiger partial charge in [-0.05, 0) is 85.0 Å². The second-order valence-corrected chi connectivity index (χ2v) is 27.6. The van der Waals surface area contributed by atoms with Gasteiger partial charge in [0, 0.05) is 78.2 Å².